The molecule has 2 atom stereocenters. The number of benzene rings is 4. The molecule has 2 N–H and O–H groups in total. The molecule has 0 spiro atoms. The fourth-order valence-electron chi connectivity index (χ4n) is 6.02. The number of carbonyl (C=O) groups excluding carboxylic acids is 4. The minimum Gasteiger partial charge on any atom is -0.507 e. The largest absolute Gasteiger partial charge is 0.507 e. The highest BCUT2D eigenvalue weighted by Gasteiger charge is 2.58. The molecule has 10 heteroatoms. The van der Waals surface area contributed by atoms with Crippen LogP contribution in [-0.4, -0.2) is 35.5 Å². The van der Waals surface area contributed by atoms with Crippen molar-refractivity contribution in [1.29, 1.82) is 0 Å². The van der Waals surface area contributed by atoms with Gasteiger partial charge in [-0.15, -0.1) is 0 Å². The Morgan fingerprint density at radius 3 is 2.49 bits per heavy atom. The molecule has 1 unspecified atom stereocenters. The van der Waals surface area contributed by atoms with Crippen molar-refractivity contribution in [3.05, 3.63) is 107 Å². The molecule has 1 aliphatic carbocycles. The molecule has 2 aliphatic rings. The van der Waals surface area contributed by atoms with Gasteiger partial charge in [0, 0.05) is 24.1 Å². The molecule has 228 valence electrons. The second kappa shape index (κ2) is 11.2. The van der Waals surface area contributed by atoms with Crippen molar-refractivity contribution in [3.63, 3.8) is 0 Å². The van der Waals surface area contributed by atoms with Gasteiger partial charge in [0.05, 0.1) is 12.7 Å². The number of nitrogens with one attached hydrogen (secondary N) is 1. The highest BCUT2D eigenvalue weighted by atomic mass is 19.1. The summed E-state index contributed by atoms with van der Waals surface area (Å²) >= 11 is 0. The molecule has 1 amide bonds. The quantitative estimate of drug-likeness (QED) is 0.265. The summed E-state index contributed by atoms with van der Waals surface area (Å²) in [5.41, 5.74) is -0.321. The minimum absolute atomic E-state index is 0.0144. The second-order valence-corrected chi connectivity index (χ2v) is 11.1. The zero-order valence-electron chi connectivity index (χ0n) is 24.6. The maximum absolute atomic E-state index is 13.8. The molecule has 45 heavy (non-hydrogen) atoms. The summed E-state index contributed by atoms with van der Waals surface area (Å²) < 4.78 is 31.0. The molecule has 1 aliphatic heterocycles. The Morgan fingerprint density at radius 2 is 1.78 bits per heavy atom. The minimum atomic E-state index is -1.66. The van der Waals surface area contributed by atoms with Crippen molar-refractivity contribution in [1.82, 2.24) is 5.32 Å². The van der Waals surface area contributed by atoms with E-state index >= 15 is 0 Å². The Balaban J connectivity index is 1.31. The van der Waals surface area contributed by atoms with Crippen molar-refractivity contribution in [2.75, 3.05) is 7.11 Å². The molecule has 4 aromatic rings. The maximum atomic E-state index is 13.8. The van der Waals surface area contributed by atoms with Crippen LogP contribution >= 0.6 is 0 Å². The standard InChI is InChI=1S/C35H28FNO8/c1-18(38)29-24(39)15-28-35(2,33(29)41)31-25(40)14-27(43-3)30(32(31)45-28)34(42)37-16-20-11-12-26(23-10-5-4-9-22(20)23)44-17-19-7-6-8-21(36)13-19/h4-15,29,40H,16-17H2,1-3H3,(H,37,42)/t29?,35-/m1/s1. The molecule has 0 saturated carbocycles. The number of methoxy groups -OCH3 is 1. The fourth-order valence-corrected chi connectivity index (χ4v) is 6.02. The Morgan fingerprint density at radius 1 is 1.02 bits per heavy atom. The third-order valence-corrected chi connectivity index (χ3v) is 8.29. The van der Waals surface area contributed by atoms with Gasteiger partial charge in [0.15, 0.2) is 17.3 Å². The number of phenols is 1. The number of ketones is 3. The first-order valence-corrected chi connectivity index (χ1v) is 14.1. The average Bonchev–Trinajstić information content (AvgIpc) is 3.32. The lowest BCUT2D eigenvalue weighted by atomic mass is 9.67. The molecule has 0 saturated heterocycles. The summed E-state index contributed by atoms with van der Waals surface area (Å²) in [6.07, 6.45) is 1.07. The smallest absolute Gasteiger partial charge is 0.259 e. The van der Waals surface area contributed by atoms with Crippen molar-refractivity contribution in [2.24, 2.45) is 5.92 Å². The highest BCUT2D eigenvalue weighted by Crippen LogP contribution is 2.56. The van der Waals surface area contributed by atoms with Gasteiger partial charge < -0.3 is 24.6 Å². The van der Waals surface area contributed by atoms with Crippen LogP contribution in [0.5, 0.6) is 23.0 Å². The summed E-state index contributed by atoms with van der Waals surface area (Å²) in [5.74, 6) is -4.62. The molecule has 6 rings (SSSR count). The third kappa shape index (κ3) is 4.88. The number of amides is 1. The lowest BCUT2D eigenvalue weighted by Gasteiger charge is -2.30. The topological polar surface area (TPSA) is 128 Å². The van der Waals surface area contributed by atoms with Crippen LogP contribution in [0.4, 0.5) is 4.39 Å². The Kier molecular flexibility index (Phi) is 7.36. The van der Waals surface area contributed by atoms with E-state index in [1.165, 1.54) is 32.2 Å². The lowest BCUT2D eigenvalue weighted by molar-refractivity contribution is -0.140. The van der Waals surface area contributed by atoms with Gasteiger partial charge in [0.25, 0.3) is 5.91 Å². The SMILES string of the molecule is COc1cc(O)c2c(c1C(=O)NCc1ccc(OCc3cccc(F)c3)c3ccccc13)OC1=CC(=O)C(C(C)=O)C(=O)[C@]12C. The predicted octanol–water partition coefficient (Wildman–Crippen LogP) is 5.09. The van der Waals surface area contributed by atoms with Crippen molar-refractivity contribution >= 4 is 34.0 Å². The van der Waals surface area contributed by atoms with Crippen LogP contribution < -0.4 is 19.5 Å². The number of hydrogen-bond donors (Lipinski definition) is 2. The van der Waals surface area contributed by atoms with Crippen LogP contribution in [0.1, 0.15) is 40.9 Å². The van der Waals surface area contributed by atoms with E-state index in [1.807, 2.05) is 30.3 Å². The van der Waals surface area contributed by atoms with E-state index in [-0.39, 0.29) is 53.1 Å². The number of ether oxygens (including phenoxy) is 3. The van der Waals surface area contributed by atoms with Crippen molar-refractivity contribution in [2.45, 2.75) is 32.4 Å². The number of halogens is 1. The zero-order chi connectivity index (χ0) is 32.0. The van der Waals surface area contributed by atoms with Gasteiger partial charge in [-0.3, -0.25) is 19.2 Å². The fraction of sp³-hybridized carbons (Fsp3) is 0.200. The molecule has 9 nitrogen and oxygen atoms in total. The predicted molar refractivity (Wildman–Crippen MR) is 161 cm³/mol. The van der Waals surface area contributed by atoms with E-state index in [0.717, 1.165) is 29.3 Å². The molecular formula is C35H28FNO8. The molecular weight excluding hydrogens is 581 g/mol. The number of hydrogen-bond acceptors (Lipinski definition) is 8. The number of fused-ring (bicyclic) bond motifs is 4. The molecule has 0 aromatic heterocycles. The van der Waals surface area contributed by atoms with E-state index in [4.69, 9.17) is 14.2 Å². The van der Waals surface area contributed by atoms with Crippen LogP contribution in [0.2, 0.25) is 0 Å². The first-order chi connectivity index (χ1) is 21.5. The van der Waals surface area contributed by atoms with E-state index < -0.39 is 34.6 Å². The Hall–Kier alpha value is -5.51. The van der Waals surface area contributed by atoms with Crippen LogP contribution in [0, 0.1) is 11.7 Å². The van der Waals surface area contributed by atoms with Crippen molar-refractivity contribution < 1.29 is 42.9 Å². The number of carbonyl (C=O) groups is 4. The van der Waals surface area contributed by atoms with E-state index in [1.54, 1.807) is 18.2 Å². The van der Waals surface area contributed by atoms with E-state index in [9.17, 15) is 28.7 Å². The lowest BCUT2D eigenvalue weighted by Crippen LogP contribution is -2.47. The first-order valence-electron chi connectivity index (χ1n) is 14.1. The van der Waals surface area contributed by atoms with Gasteiger partial charge in [-0.1, -0.05) is 42.5 Å². The van der Waals surface area contributed by atoms with Gasteiger partial charge in [-0.2, -0.15) is 0 Å². The molecule has 0 bridgehead atoms. The van der Waals surface area contributed by atoms with Gasteiger partial charge in [0.1, 0.15) is 58.1 Å². The van der Waals surface area contributed by atoms with Gasteiger partial charge in [-0.25, -0.2) is 4.39 Å². The number of rotatable bonds is 8. The third-order valence-electron chi connectivity index (χ3n) is 8.29. The second-order valence-electron chi connectivity index (χ2n) is 11.1. The molecule has 1 heterocycles. The summed E-state index contributed by atoms with van der Waals surface area (Å²) in [5, 5.41) is 15.4. The van der Waals surface area contributed by atoms with Crippen molar-refractivity contribution in [3.8, 4) is 23.0 Å². The molecule has 0 radical (unpaired) electrons. The highest BCUT2D eigenvalue weighted by molar-refractivity contribution is 6.27. The summed E-state index contributed by atoms with van der Waals surface area (Å²) in [7, 11) is 1.32. The first kappa shape index (κ1) is 29.6. The summed E-state index contributed by atoms with van der Waals surface area (Å²) in [6, 6.07) is 18.4. The number of Topliss-reactive ketones (excluding diaryl/α,β-unsaturated/α-hetero) is 2. The summed E-state index contributed by atoms with van der Waals surface area (Å²) in [4.78, 5) is 52.1. The average molecular weight is 610 g/mol. The van der Waals surface area contributed by atoms with Crippen LogP contribution in [0.25, 0.3) is 10.8 Å². The maximum Gasteiger partial charge on any atom is 0.259 e. The number of phenolic OH excluding ortho intramolecular Hbond substituents is 1. The van der Waals surface area contributed by atoms with E-state index in [0.29, 0.717) is 11.3 Å². The number of aromatic hydroxyl groups is 1. The van der Waals surface area contributed by atoms with Crippen LogP contribution in [0.15, 0.2) is 78.6 Å². The van der Waals surface area contributed by atoms with Gasteiger partial charge in [-0.05, 0) is 48.6 Å². The van der Waals surface area contributed by atoms with Crippen LogP contribution in [-0.2, 0) is 33.0 Å². The molecule has 0 fully saturated rings. The van der Waals surface area contributed by atoms with Crippen LogP contribution in [0.3, 0.4) is 0 Å². The Bertz CT molecular complexity index is 1970. The molecule has 4 aromatic carbocycles. The summed E-state index contributed by atoms with van der Waals surface area (Å²) in [6.45, 7) is 2.85. The normalized spacial score (nSPS) is 18.5. The monoisotopic (exact) mass is 609 g/mol. The van der Waals surface area contributed by atoms with E-state index in [2.05, 4.69) is 5.32 Å². The van der Waals surface area contributed by atoms with Gasteiger partial charge in [0.2, 0.25) is 0 Å². The zero-order valence-corrected chi connectivity index (χ0v) is 24.6. The van der Waals surface area contributed by atoms with Gasteiger partial charge >= 0.3 is 0 Å². The number of allylic oxidation sites excluding steroid dienone is 2. The Labute approximate surface area is 257 Å².